The minimum atomic E-state index is -0.107. The van der Waals surface area contributed by atoms with Gasteiger partial charge in [0.05, 0.1) is 12.2 Å². The van der Waals surface area contributed by atoms with Crippen molar-refractivity contribution in [3.05, 3.63) is 17.8 Å². The molecule has 1 aromatic heterocycles. The quantitative estimate of drug-likeness (QED) is 0.686. The summed E-state index contributed by atoms with van der Waals surface area (Å²) in [6.07, 6.45) is 0.893. The zero-order valence-corrected chi connectivity index (χ0v) is 9.66. The molecule has 0 fully saturated rings. The van der Waals surface area contributed by atoms with Crippen molar-refractivity contribution in [1.29, 1.82) is 5.26 Å². The van der Waals surface area contributed by atoms with Gasteiger partial charge in [-0.1, -0.05) is 6.92 Å². The van der Waals surface area contributed by atoms with Crippen LogP contribution in [-0.2, 0) is 4.79 Å². The smallest absolute Gasteiger partial charge is 0.239 e. The van der Waals surface area contributed by atoms with Gasteiger partial charge in [-0.15, -0.1) is 0 Å². The Kier molecular flexibility index (Phi) is 4.76. The van der Waals surface area contributed by atoms with Gasteiger partial charge in [0.1, 0.15) is 11.9 Å². The fourth-order valence-electron chi connectivity index (χ4n) is 1.16. The van der Waals surface area contributed by atoms with Crippen molar-refractivity contribution in [2.24, 2.45) is 0 Å². The molecule has 0 aliphatic rings. The van der Waals surface area contributed by atoms with E-state index in [1.807, 2.05) is 13.0 Å². The van der Waals surface area contributed by atoms with Crippen molar-refractivity contribution in [3.63, 3.8) is 0 Å². The monoisotopic (exact) mass is 233 g/mol. The third kappa shape index (κ3) is 3.99. The van der Waals surface area contributed by atoms with Gasteiger partial charge in [0.25, 0.3) is 0 Å². The molecule has 17 heavy (non-hydrogen) atoms. The lowest BCUT2D eigenvalue weighted by Crippen LogP contribution is -2.30. The van der Waals surface area contributed by atoms with Crippen LogP contribution in [0.25, 0.3) is 0 Å². The lowest BCUT2D eigenvalue weighted by molar-refractivity contribution is -0.119. The van der Waals surface area contributed by atoms with Gasteiger partial charge in [0, 0.05) is 6.54 Å². The molecule has 1 amide bonds. The standard InChI is InChI=1S/C11H15N5O/c1-2-5-14-11(17)7-15-10-4-3-8(13)9(6-12)16-10/h3-4H,2,5,7,13H2,1H3,(H,14,17)(H,15,16). The second-order valence-corrected chi connectivity index (χ2v) is 3.45. The van der Waals surface area contributed by atoms with Crippen LogP contribution >= 0.6 is 0 Å². The Bertz CT molecular complexity index is 438. The zero-order chi connectivity index (χ0) is 12.7. The molecule has 0 radical (unpaired) electrons. The maximum Gasteiger partial charge on any atom is 0.239 e. The number of pyridine rings is 1. The summed E-state index contributed by atoms with van der Waals surface area (Å²) in [6, 6.07) is 5.09. The van der Waals surface area contributed by atoms with E-state index in [0.717, 1.165) is 6.42 Å². The van der Waals surface area contributed by atoms with E-state index in [1.54, 1.807) is 12.1 Å². The molecule has 0 aliphatic carbocycles. The van der Waals surface area contributed by atoms with Gasteiger partial charge < -0.3 is 16.4 Å². The Morgan fingerprint density at radius 3 is 3.00 bits per heavy atom. The molecular weight excluding hydrogens is 218 g/mol. The average Bonchev–Trinajstić information content (AvgIpc) is 2.35. The first-order valence-corrected chi connectivity index (χ1v) is 5.34. The van der Waals surface area contributed by atoms with E-state index < -0.39 is 0 Å². The van der Waals surface area contributed by atoms with E-state index in [9.17, 15) is 4.79 Å². The molecule has 0 spiro atoms. The molecule has 90 valence electrons. The first-order chi connectivity index (χ1) is 8.17. The number of anilines is 2. The van der Waals surface area contributed by atoms with E-state index in [2.05, 4.69) is 15.6 Å². The highest BCUT2D eigenvalue weighted by molar-refractivity contribution is 5.80. The van der Waals surface area contributed by atoms with Crippen LogP contribution in [0.5, 0.6) is 0 Å². The lowest BCUT2D eigenvalue weighted by atomic mass is 10.3. The predicted octanol–water partition coefficient (Wildman–Crippen LogP) is 0.474. The number of nitrogens with two attached hydrogens (primary N) is 1. The summed E-state index contributed by atoms with van der Waals surface area (Å²) in [7, 11) is 0. The summed E-state index contributed by atoms with van der Waals surface area (Å²) in [6.45, 7) is 2.76. The summed E-state index contributed by atoms with van der Waals surface area (Å²) in [5.41, 5.74) is 6.01. The van der Waals surface area contributed by atoms with E-state index in [-0.39, 0.29) is 18.1 Å². The van der Waals surface area contributed by atoms with Crippen LogP contribution in [0.3, 0.4) is 0 Å². The Hall–Kier alpha value is -2.29. The lowest BCUT2D eigenvalue weighted by Gasteiger charge is -2.07. The largest absolute Gasteiger partial charge is 0.396 e. The molecular formula is C11H15N5O. The van der Waals surface area contributed by atoms with Gasteiger partial charge in [-0.05, 0) is 18.6 Å². The number of amides is 1. The molecule has 0 aromatic carbocycles. The number of carbonyl (C=O) groups is 1. The Labute approximate surface area is 99.8 Å². The third-order valence-electron chi connectivity index (χ3n) is 2.03. The topological polar surface area (TPSA) is 104 Å². The highest BCUT2D eigenvalue weighted by atomic mass is 16.1. The van der Waals surface area contributed by atoms with E-state index in [0.29, 0.717) is 18.1 Å². The number of rotatable bonds is 5. The molecule has 1 aromatic rings. The summed E-state index contributed by atoms with van der Waals surface area (Å²) < 4.78 is 0. The molecule has 6 nitrogen and oxygen atoms in total. The van der Waals surface area contributed by atoms with Gasteiger partial charge in [-0.25, -0.2) is 4.98 Å². The van der Waals surface area contributed by atoms with Crippen LogP contribution in [0, 0.1) is 11.3 Å². The maximum atomic E-state index is 11.3. The van der Waals surface area contributed by atoms with Crippen LogP contribution in [-0.4, -0.2) is 24.0 Å². The van der Waals surface area contributed by atoms with Crippen molar-refractivity contribution in [2.45, 2.75) is 13.3 Å². The molecule has 0 aliphatic heterocycles. The number of nitrogens with one attached hydrogen (secondary N) is 2. The molecule has 0 unspecified atom stereocenters. The molecule has 6 heteroatoms. The molecule has 0 saturated heterocycles. The molecule has 4 N–H and O–H groups in total. The fraction of sp³-hybridized carbons (Fsp3) is 0.364. The van der Waals surface area contributed by atoms with Gasteiger partial charge >= 0.3 is 0 Å². The van der Waals surface area contributed by atoms with Crippen LogP contribution in [0.4, 0.5) is 11.5 Å². The highest BCUT2D eigenvalue weighted by Gasteiger charge is 2.03. The maximum absolute atomic E-state index is 11.3. The minimum Gasteiger partial charge on any atom is -0.396 e. The summed E-state index contributed by atoms with van der Waals surface area (Å²) in [5, 5.41) is 14.3. The number of aromatic nitrogens is 1. The average molecular weight is 233 g/mol. The van der Waals surface area contributed by atoms with Crippen LogP contribution in [0.15, 0.2) is 12.1 Å². The van der Waals surface area contributed by atoms with E-state index in [4.69, 9.17) is 11.0 Å². The van der Waals surface area contributed by atoms with Gasteiger partial charge in [0.2, 0.25) is 5.91 Å². The Morgan fingerprint density at radius 1 is 1.59 bits per heavy atom. The number of nitrogens with zero attached hydrogens (tertiary/aromatic N) is 2. The molecule has 0 bridgehead atoms. The number of hydrogen-bond acceptors (Lipinski definition) is 5. The van der Waals surface area contributed by atoms with Crippen LogP contribution < -0.4 is 16.4 Å². The third-order valence-corrected chi connectivity index (χ3v) is 2.03. The Morgan fingerprint density at radius 2 is 2.35 bits per heavy atom. The number of nitrogen functional groups attached to an aromatic ring is 1. The number of nitriles is 1. The van der Waals surface area contributed by atoms with Crippen LogP contribution in [0.2, 0.25) is 0 Å². The normalized spacial score (nSPS) is 9.41. The minimum absolute atomic E-state index is 0.107. The first kappa shape index (κ1) is 12.8. The highest BCUT2D eigenvalue weighted by Crippen LogP contribution is 2.11. The molecule has 0 atom stereocenters. The van der Waals surface area contributed by atoms with Crippen molar-refractivity contribution in [3.8, 4) is 6.07 Å². The predicted molar refractivity (Wildman–Crippen MR) is 65.2 cm³/mol. The van der Waals surface area contributed by atoms with Crippen molar-refractivity contribution in [2.75, 3.05) is 24.1 Å². The fourth-order valence-corrected chi connectivity index (χ4v) is 1.16. The van der Waals surface area contributed by atoms with Gasteiger partial charge in [0.15, 0.2) is 5.69 Å². The second kappa shape index (κ2) is 6.33. The second-order valence-electron chi connectivity index (χ2n) is 3.45. The summed E-state index contributed by atoms with van der Waals surface area (Å²) in [5.74, 6) is 0.353. The summed E-state index contributed by atoms with van der Waals surface area (Å²) in [4.78, 5) is 15.3. The first-order valence-electron chi connectivity index (χ1n) is 5.34. The van der Waals surface area contributed by atoms with Gasteiger partial charge in [-0.3, -0.25) is 4.79 Å². The molecule has 1 rings (SSSR count). The molecule has 1 heterocycles. The number of carbonyl (C=O) groups excluding carboxylic acids is 1. The van der Waals surface area contributed by atoms with Crippen molar-refractivity contribution >= 4 is 17.4 Å². The number of hydrogen-bond donors (Lipinski definition) is 3. The Balaban J connectivity index is 2.53. The van der Waals surface area contributed by atoms with Gasteiger partial charge in [-0.2, -0.15) is 5.26 Å². The summed E-state index contributed by atoms with van der Waals surface area (Å²) >= 11 is 0. The van der Waals surface area contributed by atoms with Crippen molar-refractivity contribution < 1.29 is 4.79 Å². The van der Waals surface area contributed by atoms with Crippen molar-refractivity contribution in [1.82, 2.24) is 10.3 Å². The zero-order valence-electron chi connectivity index (χ0n) is 9.66. The van der Waals surface area contributed by atoms with E-state index in [1.165, 1.54) is 0 Å². The molecule has 0 saturated carbocycles. The van der Waals surface area contributed by atoms with Crippen LogP contribution in [0.1, 0.15) is 19.0 Å². The SMILES string of the molecule is CCCNC(=O)CNc1ccc(N)c(C#N)n1. The van der Waals surface area contributed by atoms with E-state index >= 15 is 0 Å².